The summed E-state index contributed by atoms with van der Waals surface area (Å²) in [5.41, 5.74) is 0.536. The van der Waals surface area contributed by atoms with Crippen molar-refractivity contribution in [3.63, 3.8) is 0 Å². The number of ketones is 1. The van der Waals surface area contributed by atoms with Crippen molar-refractivity contribution in [1.29, 1.82) is 0 Å². The Bertz CT molecular complexity index is 345. The van der Waals surface area contributed by atoms with Gasteiger partial charge < -0.3 is 0 Å². The zero-order chi connectivity index (χ0) is 9.97. The number of rotatable bonds is 3. The minimum atomic E-state index is 0.0160. The first-order valence-corrected chi connectivity index (χ1v) is 5.08. The second kappa shape index (κ2) is 3.86. The van der Waals surface area contributed by atoms with Crippen LogP contribution in [0, 0.1) is 5.92 Å². The van der Waals surface area contributed by atoms with Gasteiger partial charge in [0.1, 0.15) is 11.5 Å². The third kappa shape index (κ3) is 1.97. The van der Waals surface area contributed by atoms with Crippen LogP contribution in [0.5, 0.6) is 0 Å². The van der Waals surface area contributed by atoms with Gasteiger partial charge in [-0.15, -0.1) is 0 Å². The molecule has 0 spiro atoms. The molecule has 0 unspecified atom stereocenters. The number of hydrogen-bond acceptors (Lipinski definition) is 3. The van der Waals surface area contributed by atoms with Gasteiger partial charge in [0.2, 0.25) is 0 Å². The number of aromatic nitrogens is 2. The molecule has 3 nitrogen and oxygen atoms in total. The summed E-state index contributed by atoms with van der Waals surface area (Å²) in [6, 6.07) is 1.67. The summed E-state index contributed by atoms with van der Waals surface area (Å²) in [4.78, 5) is 19.5. The van der Waals surface area contributed by atoms with Gasteiger partial charge in [-0.3, -0.25) is 4.79 Å². The van der Waals surface area contributed by atoms with Crippen molar-refractivity contribution in [2.75, 3.05) is 0 Å². The monoisotopic (exact) mass is 190 g/mol. The average Bonchev–Trinajstić information content (AvgIpc) is 2.12. The minimum Gasteiger partial charge on any atom is -0.293 e. The standard InChI is InChI=1S/C11H14N2O/c1-8(14)10-5-6-12-11(13-10)7-9-3-2-4-9/h5-6,9H,2-4,7H2,1H3. The summed E-state index contributed by atoms with van der Waals surface area (Å²) in [5, 5.41) is 0. The first kappa shape index (κ1) is 9.31. The molecule has 1 saturated carbocycles. The van der Waals surface area contributed by atoms with E-state index in [-0.39, 0.29) is 5.78 Å². The Morgan fingerprint density at radius 1 is 1.57 bits per heavy atom. The molecule has 1 heterocycles. The Hall–Kier alpha value is -1.25. The van der Waals surface area contributed by atoms with Gasteiger partial charge in [-0.25, -0.2) is 9.97 Å². The molecule has 0 amide bonds. The molecule has 0 N–H and O–H groups in total. The van der Waals surface area contributed by atoms with Gasteiger partial charge in [-0.05, 0) is 12.0 Å². The van der Waals surface area contributed by atoms with Crippen molar-refractivity contribution in [2.24, 2.45) is 5.92 Å². The molecule has 0 bridgehead atoms. The van der Waals surface area contributed by atoms with Gasteiger partial charge in [0.15, 0.2) is 5.78 Å². The Kier molecular flexibility index (Phi) is 2.57. The van der Waals surface area contributed by atoms with E-state index in [2.05, 4.69) is 9.97 Å². The smallest absolute Gasteiger partial charge is 0.178 e. The predicted octanol–water partition coefficient (Wildman–Crippen LogP) is 2.02. The fourth-order valence-electron chi connectivity index (χ4n) is 1.65. The van der Waals surface area contributed by atoms with Crippen molar-refractivity contribution >= 4 is 5.78 Å². The second-order valence-electron chi connectivity index (χ2n) is 3.92. The van der Waals surface area contributed by atoms with Gasteiger partial charge >= 0.3 is 0 Å². The fraction of sp³-hybridized carbons (Fsp3) is 0.545. The van der Waals surface area contributed by atoms with Crippen LogP contribution in [0.25, 0.3) is 0 Å². The van der Waals surface area contributed by atoms with Crippen LogP contribution in [-0.2, 0) is 6.42 Å². The van der Waals surface area contributed by atoms with Crippen molar-refractivity contribution in [3.8, 4) is 0 Å². The van der Waals surface area contributed by atoms with Crippen LogP contribution in [0.3, 0.4) is 0 Å². The highest BCUT2D eigenvalue weighted by Crippen LogP contribution is 2.28. The van der Waals surface area contributed by atoms with Crippen molar-refractivity contribution in [2.45, 2.75) is 32.6 Å². The Balaban J connectivity index is 2.09. The molecule has 1 fully saturated rings. The molecule has 0 aliphatic heterocycles. The third-order valence-corrected chi connectivity index (χ3v) is 2.76. The maximum absolute atomic E-state index is 11.1. The summed E-state index contributed by atoms with van der Waals surface area (Å²) in [7, 11) is 0. The Morgan fingerprint density at radius 2 is 2.36 bits per heavy atom. The van der Waals surface area contributed by atoms with Crippen LogP contribution in [0.4, 0.5) is 0 Å². The first-order valence-electron chi connectivity index (χ1n) is 5.08. The lowest BCUT2D eigenvalue weighted by Crippen LogP contribution is -2.16. The molecule has 1 aromatic rings. The normalized spacial score (nSPS) is 16.4. The van der Waals surface area contributed by atoms with E-state index < -0.39 is 0 Å². The highest BCUT2D eigenvalue weighted by atomic mass is 16.1. The van der Waals surface area contributed by atoms with E-state index in [1.54, 1.807) is 12.3 Å². The van der Waals surface area contributed by atoms with Gasteiger partial charge in [0.05, 0.1) is 0 Å². The van der Waals surface area contributed by atoms with Crippen LogP contribution in [0.1, 0.15) is 42.5 Å². The van der Waals surface area contributed by atoms with E-state index in [9.17, 15) is 4.79 Å². The predicted molar refractivity (Wildman–Crippen MR) is 53.1 cm³/mol. The molecule has 14 heavy (non-hydrogen) atoms. The topological polar surface area (TPSA) is 42.9 Å². The average molecular weight is 190 g/mol. The van der Waals surface area contributed by atoms with Crippen molar-refractivity contribution < 1.29 is 4.79 Å². The molecule has 1 aliphatic rings. The third-order valence-electron chi connectivity index (χ3n) is 2.76. The summed E-state index contributed by atoms with van der Waals surface area (Å²) < 4.78 is 0. The zero-order valence-corrected chi connectivity index (χ0v) is 8.36. The molecular formula is C11H14N2O. The number of hydrogen-bond donors (Lipinski definition) is 0. The maximum Gasteiger partial charge on any atom is 0.178 e. The van der Waals surface area contributed by atoms with E-state index in [0.717, 1.165) is 18.2 Å². The number of carbonyl (C=O) groups excluding carboxylic acids is 1. The first-order chi connectivity index (χ1) is 6.75. The Morgan fingerprint density at radius 3 is 2.93 bits per heavy atom. The largest absolute Gasteiger partial charge is 0.293 e. The fourth-order valence-corrected chi connectivity index (χ4v) is 1.65. The van der Waals surface area contributed by atoms with E-state index in [1.165, 1.54) is 26.2 Å². The van der Waals surface area contributed by atoms with E-state index in [4.69, 9.17) is 0 Å². The van der Waals surface area contributed by atoms with Gasteiger partial charge in [-0.2, -0.15) is 0 Å². The zero-order valence-electron chi connectivity index (χ0n) is 8.36. The Labute approximate surface area is 83.6 Å². The van der Waals surface area contributed by atoms with Crippen LogP contribution < -0.4 is 0 Å². The molecule has 74 valence electrons. The summed E-state index contributed by atoms with van der Waals surface area (Å²) in [5.74, 6) is 1.59. The molecule has 1 aromatic heterocycles. The maximum atomic E-state index is 11.1. The van der Waals surface area contributed by atoms with Crippen molar-refractivity contribution in [3.05, 3.63) is 23.8 Å². The number of carbonyl (C=O) groups is 1. The molecule has 0 saturated heterocycles. The molecule has 1 aliphatic carbocycles. The van der Waals surface area contributed by atoms with Crippen LogP contribution in [0.2, 0.25) is 0 Å². The molecule has 0 atom stereocenters. The van der Waals surface area contributed by atoms with Gasteiger partial charge in [0.25, 0.3) is 0 Å². The van der Waals surface area contributed by atoms with E-state index >= 15 is 0 Å². The molecule has 2 rings (SSSR count). The second-order valence-corrected chi connectivity index (χ2v) is 3.92. The van der Waals surface area contributed by atoms with Gasteiger partial charge in [0, 0.05) is 19.5 Å². The lowest BCUT2D eigenvalue weighted by Gasteiger charge is -2.24. The number of Topliss-reactive ketones (excluding diaryl/α,β-unsaturated/α-hetero) is 1. The summed E-state index contributed by atoms with van der Waals surface area (Å²) in [6.45, 7) is 1.54. The van der Waals surface area contributed by atoms with Crippen LogP contribution in [0.15, 0.2) is 12.3 Å². The van der Waals surface area contributed by atoms with Crippen LogP contribution in [-0.4, -0.2) is 15.8 Å². The number of nitrogens with zero attached hydrogens (tertiary/aromatic N) is 2. The van der Waals surface area contributed by atoms with E-state index in [0.29, 0.717) is 5.69 Å². The minimum absolute atomic E-state index is 0.0160. The van der Waals surface area contributed by atoms with Crippen LogP contribution >= 0.6 is 0 Å². The highest BCUT2D eigenvalue weighted by Gasteiger charge is 2.19. The highest BCUT2D eigenvalue weighted by molar-refractivity contribution is 5.91. The van der Waals surface area contributed by atoms with E-state index in [1.807, 2.05) is 0 Å². The molecule has 0 aromatic carbocycles. The SMILES string of the molecule is CC(=O)c1ccnc(CC2CCC2)n1. The lowest BCUT2D eigenvalue weighted by atomic mass is 9.83. The lowest BCUT2D eigenvalue weighted by molar-refractivity contribution is 0.101. The molecule has 3 heteroatoms. The quantitative estimate of drug-likeness (QED) is 0.685. The molecule has 0 radical (unpaired) electrons. The van der Waals surface area contributed by atoms with Crippen molar-refractivity contribution in [1.82, 2.24) is 9.97 Å². The molecular weight excluding hydrogens is 176 g/mol. The summed E-state index contributed by atoms with van der Waals surface area (Å²) in [6.07, 6.45) is 6.51. The summed E-state index contributed by atoms with van der Waals surface area (Å²) >= 11 is 0. The van der Waals surface area contributed by atoms with Gasteiger partial charge in [-0.1, -0.05) is 19.3 Å².